The van der Waals surface area contributed by atoms with Crippen molar-refractivity contribution in [1.82, 2.24) is 10.2 Å². The zero-order chi connectivity index (χ0) is 10.7. The highest BCUT2D eigenvalue weighted by Gasteiger charge is 1.99. The molecule has 0 bridgehead atoms. The van der Waals surface area contributed by atoms with Gasteiger partial charge in [0.2, 0.25) is 0 Å². The molecule has 1 heterocycles. The summed E-state index contributed by atoms with van der Waals surface area (Å²) in [6.45, 7) is 0. The Morgan fingerprint density at radius 3 is 2.33 bits per heavy atom. The van der Waals surface area contributed by atoms with Crippen LogP contribution in [-0.2, 0) is 6.42 Å². The maximum atomic E-state index is 12.6. The van der Waals surface area contributed by atoms with E-state index in [0.29, 0.717) is 11.6 Å². The molecular weight excluding hydrogens is 215 g/mol. The average molecular weight is 223 g/mol. The van der Waals surface area contributed by atoms with Crippen LogP contribution in [0.4, 0.5) is 4.39 Å². The summed E-state index contributed by atoms with van der Waals surface area (Å²) in [6.07, 6.45) is 0.629. The second-order valence-corrected chi connectivity index (χ2v) is 3.54. The third-order valence-electron chi connectivity index (χ3n) is 1.99. The molecule has 0 N–H and O–H groups in total. The normalized spacial score (nSPS) is 10.3. The Balaban J connectivity index is 2.15. The maximum absolute atomic E-state index is 12.6. The molecule has 4 heteroatoms. The van der Waals surface area contributed by atoms with Gasteiger partial charge in [-0.1, -0.05) is 23.7 Å². The monoisotopic (exact) mass is 222 g/mol. The van der Waals surface area contributed by atoms with Gasteiger partial charge in [0.25, 0.3) is 0 Å². The zero-order valence-corrected chi connectivity index (χ0v) is 8.58. The van der Waals surface area contributed by atoms with Gasteiger partial charge in [-0.05, 0) is 29.8 Å². The molecule has 0 atom stereocenters. The van der Waals surface area contributed by atoms with Crippen molar-refractivity contribution < 1.29 is 4.39 Å². The van der Waals surface area contributed by atoms with Gasteiger partial charge in [-0.3, -0.25) is 0 Å². The molecule has 0 unspecified atom stereocenters. The lowest BCUT2D eigenvalue weighted by Gasteiger charge is -1.99. The third kappa shape index (κ3) is 2.73. The Morgan fingerprint density at radius 1 is 1.00 bits per heavy atom. The van der Waals surface area contributed by atoms with E-state index in [1.165, 1.54) is 12.1 Å². The summed E-state index contributed by atoms with van der Waals surface area (Å²) in [5.74, 6) is -0.235. The van der Waals surface area contributed by atoms with E-state index in [9.17, 15) is 4.39 Å². The van der Waals surface area contributed by atoms with Crippen molar-refractivity contribution in [2.24, 2.45) is 0 Å². The lowest BCUT2D eigenvalue weighted by molar-refractivity contribution is 0.627. The van der Waals surface area contributed by atoms with Crippen LogP contribution in [-0.4, -0.2) is 10.2 Å². The highest BCUT2D eigenvalue weighted by Crippen LogP contribution is 2.09. The fourth-order valence-electron chi connectivity index (χ4n) is 1.25. The van der Waals surface area contributed by atoms with E-state index in [2.05, 4.69) is 10.2 Å². The van der Waals surface area contributed by atoms with Crippen LogP contribution in [0.25, 0.3) is 0 Å². The van der Waals surface area contributed by atoms with Crippen molar-refractivity contribution in [2.45, 2.75) is 6.42 Å². The molecule has 1 aromatic carbocycles. The highest BCUT2D eigenvalue weighted by atomic mass is 35.5. The van der Waals surface area contributed by atoms with Crippen molar-refractivity contribution in [3.63, 3.8) is 0 Å². The first-order valence-electron chi connectivity index (χ1n) is 4.46. The Hall–Kier alpha value is -1.48. The molecule has 2 nitrogen and oxygen atoms in total. The summed E-state index contributed by atoms with van der Waals surface area (Å²) in [6, 6.07) is 9.81. The number of rotatable bonds is 2. The summed E-state index contributed by atoms with van der Waals surface area (Å²) in [4.78, 5) is 0. The fourth-order valence-corrected chi connectivity index (χ4v) is 1.35. The van der Waals surface area contributed by atoms with Gasteiger partial charge in [0.05, 0.1) is 5.69 Å². The summed E-state index contributed by atoms with van der Waals surface area (Å²) in [5, 5.41) is 8.03. The Labute approximate surface area is 91.7 Å². The van der Waals surface area contributed by atoms with Crippen molar-refractivity contribution in [2.75, 3.05) is 0 Å². The highest BCUT2D eigenvalue weighted by molar-refractivity contribution is 6.29. The number of halogens is 2. The van der Waals surface area contributed by atoms with Crippen molar-refractivity contribution in [1.29, 1.82) is 0 Å². The molecule has 0 saturated heterocycles. The predicted molar refractivity (Wildman–Crippen MR) is 56.2 cm³/mol. The maximum Gasteiger partial charge on any atom is 0.151 e. The number of hydrogen-bond acceptors (Lipinski definition) is 2. The topological polar surface area (TPSA) is 25.8 Å². The van der Waals surface area contributed by atoms with Crippen LogP contribution < -0.4 is 0 Å². The van der Waals surface area contributed by atoms with Gasteiger partial charge in [-0.2, -0.15) is 5.10 Å². The van der Waals surface area contributed by atoms with Crippen LogP contribution in [0.2, 0.25) is 5.15 Å². The number of hydrogen-bond donors (Lipinski definition) is 0. The first-order chi connectivity index (χ1) is 7.24. The molecule has 15 heavy (non-hydrogen) atoms. The van der Waals surface area contributed by atoms with Gasteiger partial charge in [0.15, 0.2) is 5.15 Å². The van der Waals surface area contributed by atoms with E-state index < -0.39 is 0 Å². The number of nitrogens with zero attached hydrogens (tertiary/aromatic N) is 2. The van der Waals surface area contributed by atoms with E-state index >= 15 is 0 Å². The van der Waals surface area contributed by atoms with Crippen LogP contribution >= 0.6 is 11.6 Å². The summed E-state index contributed by atoms with van der Waals surface area (Å²) < 4.78 is 12.6. The quantitative estimate of drug-likeness (QED) is 0.781. The molecule has 2 aromatic rings. The molecular formula is C11H8ClFN2. The van der Waals surface area contributed by atoms with Crippen LogP contribution in [0.1, 0.15) is 11.3 Å². The first kappa shape index (κ1) is 10.1. The molecule has 0 aliphatic rings. The minimum atomic E-state index is -0.235. The van der Waals surface area contributed by atoms with Crippen LogP contribution in [0.15, 0.2) is 36.4 Å². The van der Waals surface area contributed by atoms with Crippen LogP contribution in [0.3, 0.4) is 0 Å². The molecule has 0 fully saturated rings. The second-order valence-electron chi connectivity index (χ2n) is 3.15. The van der Waals surface area contributed by atoms with Gasteiger partial charge in [-0.15, -0.1) is 5.10 Å². The largest absolute Gasteiger partial charge is 0.207 e. The van der Waals surface area contributed by atoms with Crippen molar-refractivity contribution in [3.8, 4) is 0 Å². The molecule has 0 radical (unpaired) electrons. The SMILES string of the molecule is Fc1ccc(Cc2ccc(Cl)nn2)cc1. The Kier molecular flexibility index (Phi) is 2.92. The molecule has 76 valence electrons. The van der Waals surface area contributed by atoms with E-state index in [0.717, 1.165) is 11.3 Å². The van der Waals surface area contributed by atoms with E-state index in [4.69, 9.17) is 11.6 Å². The summed E-state index contributed by atoms with van der Waals surface area (Å²) >= 11 is 5.61. The van der Waals surface area contributed by atoms with Gasteiger partial charge >= 0.3 is 0 Å². The van der Waals surface area contributed by atoms with Crippen LogP contribution in [0, 0.1) is 5.82 Å². The first-order valence-corrected chi connectivity index (χ1v) is 4.84. The smallest absolute Gasteiger partial charge is 0.151 e. The molecule has 0 aliphatic carbocycles. The van der Waals surface area contributed by atoms with Crippen LogP contribution in [0.5, 0.6) is 0 Å². The Morgan fingerprint density at radius 2 is 1.73 bits per heavy atom. The minimum Gasteiger partial charge on any atom is -0.207 e. The third-order valence-corrected chi connectivity index (χ3v) is 2.19. The van der Waals surface area contributed by atoms with Gasteiger partial charge in [0.1, 0.15) is 5.82 Å². The van der Waals surface area contributed by atoms with E-state index in [1.807, 2.05) is 0 Å². The predicted octanol–water partition coefficient (Wildman–Crippen LogP) is 2.86. The standard InChI is InChI=1S/C11H8ClFN2/c12-11-6-5-10(14-15-11)7-8-1-3-9(13)4-2-8/h1-6H,7H2. The average Bonchev–Trinajstić information content (AvgIpc) is 2.25. The molecule has 0 amide bonds. The zero-order valence-electron chi connectivity index (χ0n) is 7.82. The second kappa shape index (κ2) is 4.36. The number of aromatic nitrogens is 2. The van der Waals surface area contributed by atoms with Gasteiger partial charge in [-0.25, -0.2) is 4.39 Å². The van der Waals surface area contributed by atoms with Gasteiger partial charge in [0, 0.05) is 6.42 Å². The number of benzene rings is 1. The van der Waals surface area contributed by atoms with Gasteiger partial charge < -0.3 is 0 Å². The lowest BCUT2D eigenvalue weighted by atomic mass is 10.1. The lowest BCUT2D eigenvalue weighted by Crippen LogP contribution is -1.94. The molecule has 2 rings (SSSR count). The van der Waals surface area contributed by atoms with E-state index in [-0.39, 0.29) is 5.82 Å². The van der Waals surface area contributed by atoms with E-state index in [1.54, 1.807) is 24.3 Å². The Bertz CT molecular complexity index is 396. The minimum absolute atomic E-state index is 0.235. The molecule has 1 aromatic heterocycles. The summed E-state index contributed by atoms with van der Waals surface area (Å²) in [7, 11) is 0. The van der Waals surface area contributed by atoms with Crippen molar-refractivity contribution >= 4 is 11.6 Å². The van der Waals surface area contributed by atoms with Crippen molar-refractivity contribution in [3.05, 3.63) is 58.6 Å². The molecule has 0 aliphatic heterocycles. The molecule has 0 saturated carbocycles. The summed E-state index contributed by atoms with van der Waals surface area (Å²) in [5.41, 5.74) is 1.80. The molecule has 0 spiro atoms. The fraction of sp³-hybridized carbons (Fsp3) is 0.0909.